The highest BCUT2D eigenvalue weighted by atomic mass is 16.4. The molecule has 0 aliphatic carbocycles. The monoisotopic (exact) mass is 245 g/mol. The van der Waals surface area contributed by atoms with Crippen molar-refractivity contribution in [3.63, 3.8) is 0 Å². The van der Waals surface area contributed by atoms with E-state index < -0.39 is 11.9 Å². The second-order valence-electron chi connectivity index (χ2n) is 4.03. The number of carboxylic acid groups (broad SMARTS) is 1. The zero-order valence-electron chi connectivity index (χ0n) is 10.8. The average Bonchev–Trinajstić information content (AvgIpc) is 2.30. The molecule has 0 saturated carbocycles. The fraction of sp³-hybridized carbons (Fsp3) is 0.818. The van der Waals surface area contributed by atoms with Gasteiger partial charge in [-0.05, 0) is 13.5 Å². The van der Waals surface area contributed by atoms with Gasteiger partial charge in [0, 0.05) is 26.7 Å². The summed E-state index contributed by atoms with van der Waals surface area (Å²) in [6, 6.07) is -0.234. The van der Waals surface area contributed by atoms with Crippen LogP contribution in [0, 0.1) is 5.92 Å². The van der Waals surface area contributed by atoms with Crippen LogP contribution < -0.4 is 10.6 Å². The Morgan fingerprint density at radius 1 is 1.41 bits per heavy atom. The Hall–Kier alpha value is -1.30. The van der Waals surface area contributed by atoms with Crippen molar-refractivity contribution in [2.45, 2.75) is 19.8 Å². The number of nitrogens with zero attached hydrogens (tertiary/aromatic N) is 1. The maximum absolute atomic E-state index is 11.6. The van der Waals surface area contributed by atoms with Gasteiger partial charge in [0.05, 0.1) is 5.92 Å². The van der Waals surface area contributed by atoms with E-state index in [0.29, 0.717) is 19.5 Å². The molecule has 0 aromatic heterocycles. The van der Waals surface area contributed by atoms with Gasteiger partial charge in [0.15, 0.2) is 0 Å². The van der Waals surface area contributed by atoms with Crippen LogP contribution in [-0.2, 0) is 4.79 Å². The highest BCUT2D eigenvalue weighted by Gasteiger charge is 2.18. The van der Waals surface area contributed by atoms with Crippen molar-refractivity contribution in [2.75, 3.05) is 33.7 Å². The summed E-state index contributed by atoms with van der Waals surface area (Å²) in [6.07, 6.45) is 1.37. The zero-order chi connectivity index (χ0) is 13.3. The van der Waals surface area contributed by atoms with Gasteiger partial charge in [-0.25, -0.2) is 4.79 Å². The van der Waals surface area contributed by atoms with E-state index in [1.807, 2.05) is 14.0 Å². The van der Waals surface area contributed by atoms with Crippen molar-refractivity contribution in [3.8, 4) is 0 Å². The third-order valence-electron chi connectivity index (χ3n) is 2.53. The minimum Gasteiger partial charge on any atom is -0.481 e. The first-order chi connectivity index (χ1) is 8.02. The van der Waals surface area contributed by atoms with Crippen LogP contribution in [0.2, 0.25) is 0 Å². The number of hydrogen-bond acceptors (Lipinski definition) is 3. The molecule has 0 fully saturated rings. The van der Waals surface area contributed by atoms with E-state index >= 15 is 0 Å². The number of carbonyl (C=O) groups is 2. The fourth-order valence-electron chi connectivity index (χ4n) is 1.39. The Balaban J connectivity index is 3.98. The minimum atomic E-state index is -0.856. The first-order valence-corrected chi connectivity index (χ1v) is 5.89. The number of rotatable bonds is 8. The summed E-state index contributed by atoms with van der Waals surface area (Å²) in [6.45, 7) is 3.41. The second kappa shape index (κ2) is 8.81. The molecule has 6 heteroatoms. The number of likely N-dealkylation sites (N-methyl/N-ethyl adjacent to an activating group) is 2. The molecule has 100 valence electrons. The molecular weight excluding hydrogens is 222 g/mol. The number of nitrogens with one attached hydrogen (secondary N) is 2. The van der Waals surface area contributed by atoms with E-state index in [1.165, 1.54) is 4.90 Å². The molecule has 1 atom stereocenters. The summed E-state index contributed by atoms with van der Waals surface area (Å²) in [5.74, 6) is -1.35. The fourth-order valence-corrected chi connectivity index (χ4v) is 1.39. The minimum absolute atomic E-state index is 0.186. The molecule has 0 aliphatic heterocycles. The molecule has 0 rings (SSSR count). The van der Waals surface area contributed by atoms with Crippen LogP contribution in [0.5, 0.6) is 0 Å². The summed E-state index contributed by atoms with van der Waals surface area (Å²) >= 11 is 0. The SMILES string of the molecule is CCCC(CNC(=O)N(C)CCNC)C(=O)O. The van der Waals surface area contributed by atoms with Crippen LogP contribution in [0.15, 0.2) is 0 Å². The summed E-state index contributed by atoms with van der Waals surface area (Å²) in [7, 11) is 3.50. The van der Waals surface area contributed by atoms with Crippen LogP contribution >= 0.6 is 0 Å². The first-order valence-electron chi connectivity index (χ1n) is 5.89. The standard InChI is InChI=1S/C11H23N3O3/c1-4-5-9(10(15)16)8-13-11(17)14(3)7-6-12-2/h9,12H,4-8H2,1-3H3,(H,13,17)(H,15,16). The third kappa shape index (κ3) is 6.78. The maximum Gasteiger partial charge on any atom is 0.317 e. The molecule has 0 spiro atoms. The number of carboxylic acids is 1. The van der Waals surface area contributed by atoms with Crippen molar-refractivity contribution < 1.29 is 14.7 Å². The predicted molar refractivity (Wildman–Crippen MR) is 66.0 cm³/mol. The summed E-state index contributed by atoms with van der Waals surface area (Å²) < 4.78 is 0. The lowest BCUT2D eigenvalue weighted by Gasteiger charge is -2.19. The first kappa shape index (κ1) is 15.7. The van der Waals surface area contributed by atoms with Crippen LogP contribution in [-0.4, -0.2) is 55.7 Å². The number of hydrogen-bond donors (Lipinski definition) is 3. The average molecular weight is 245 g/mol. The maximum atomic E-state index is 11.6. The van der Waals surface area contributed by atoms with Crippen molar-refractivity contribution in [1.82, 2.24) is 15.5 Å². The van der Waals surface area contributed by atoms with E-state index in [4.69, 9.17) is 5.11 Å². The smallest absolute Gasteiger partial charge is 0.317 e. The molecule has 3 N–H and O–H groups in total. The van der Waals surface area contributed by atoms with Crippen LogP contribution in [0.1, 0.15) is 19.8 Å². The van der Waals surface area contributed by atoms with Crippen molar-refractivity contribution in [2.24, 2.45) is 5.92 Å². The Morgan fingerprint density at radius 3 is 2.53 bits per heavy atom. The number of urea groups is 1. The van der Waals surface area contributed by atoms with Crippen LogP contribution in [0.25, 0.3) is 0 Å². The Bertz CT molecular complexity index is 246. The molecule has 0 heterocycles. The molecule has 1 unspecified atom stereocenters. The lowest BCUT2D eigenvalue weighted by Crippen LogP contribution is -2.43. The molecule has 0 aromatic carbocycles. The van der Waals surface area contributed by atoms with Gasteiger partial charge in [-0.1, -0.05) is 13.3 Å². The van der Waals surface area contributed by atoms with E-state index in [9.17, 15) is 9.59 Å². The summed E-state index contributed by atoms with van der Waals surface area (Å²) in [4.78, 5) is 24.0. The number of carbonyl (C=O) groups excluding carboxylic acids is 1. The van der Waals surface area contributed by atoms with Gasteiger partial charge in [0.1, 0.15) is 0 Å². The lowest BCUT2D eigenvalue weighted by atomic mass is 10.0. The van der Waals surface area contributed by atoms with Crippen LogP contribution in [0.4, 0.5) is 4.79 Å². The molecular formula is C11H23N3O3. The van der Waals surface area contributed by atoms with Gasteiger partial charge in [-0.2, -0.15) is 0 Å². The number of aliphatic carboxylic acids is 1. The molecule has 0 saturated heterocycles. The Morgan fingerprint density at radius 2 is 2.06 bits per heavy atom. The van der Waals surface area contributed by atoms with Gasteiger partial charge < -0.3 is 20.6 Å². The third-order valence-corrected chi connectivity index (χ3v) is 2.53. The lowest BCUT2D eigenvalue weighted by molar-refractivity contribution is -0.141. The zero-order valence-corrected chi connectivity index (χ0v) is 10.8. The molecule has 2 amide bonds. The van der Waals surface area contributed by atoms with Gasteiger partial charge >= 0.3 is 12.0 Å². The molecule has 0 aromatic rings. The van der Waals surface area contributed by atoms with E-state index in [2.05, 4.69) is 10.6 Å². The molecule has 0 bridgehead atoms. The van der Waals surface area contributed by atoms with Gasteiger partial charge in [0.25, 0.3) is 0 Å². The normalized spacial score (nSPS) is 11.9. The Labute approximate surface area is 102 Å². The summed E-state index contributed by atoms with van der Waals surface area (Å²) in [5.41, 5.74) is 0. The second-order valence-corrected chi connectivity index (χ2v) is 4.03. The Kier molecular flexibility index (Phi) is 8.13. The van der Waals surface area contributed by atoms with E-state index in [-0.39, 0.29) is 12.6 Å². The van der Waals surface area contributed by atoms with Crippen molar-refractivity contribution in [1.29, 1.82) is 0 Å². The summed E-state index contributed by atoms with van der Waals surface area (Å²) in [5, 5.41) is 14.5. The number of amides is 2. The topological polar surface area (TPSA) is 81.7 Å². The van der Waals surface area contributed by atoms with Crippen LogP contribution in [0.3, 0.4) is 0 Å². The van der Waals surface area contributed by atoms with Gasteiger partial charge in [0.2, 0.25) is 0 Å². The molecule has 6 nitrogen and oxygen atoms in total. The highest BCUT2D eigenvalue weighted by molar-refractivity contribution is 5.75. The van der Waals surface area contributed by atoms with E-state index in [0.717, 1.165) is 6.42 Å². The van der Waals surface area contributed by atoms with E-state index in [1.54, 1.807) is 7.05 Å². The molecule has 0 radical (unpaired) electrons. The van der Waals surface area contributed by atoms with Gasteiger partial charge in [-0.3, -0.25) is 4.79 Å². The molecule has 0 aliphatic rings. The van der Waals surface area contributed by atoms with Crippen molar-refractivity contribution >= 4 is 12.0 Å². The largest absolute Gasteiger partial charge is 0.481 e. The van der Waals surface area contributed by atoms with Gasteiger partial charge in [-0.15, -0.1) is 0 Å². The quantitative estimate of drug-likeness (QED) is 0.576. The molecule has 17 heavy (non-hydrogen) atoms. The van der Waals surface area contributed by atoms with Crippen molar-refractivity contribution in [3.05, 3.63) is 0 Å². The predicted octanol–water partition coefficient (Wildman–Crippen LogP) is 0.348. The highest BCUT2D eigenvalue weighted by Crippen LogP contribution is 2.05.